The van der Waals surface area contributed by atoms with E-state index in [2.05, 4.69) is 14.9 Å². The summed E-state index contributed by atoms with van der Waals surface area (Å²) in [4.78, 5) is 15.4. The van der Waals surface area contributed by atoms with Crippen molar-refractivity contribution >= 4 is 5.97 Å². The molecule has 0 aliphatic rings. The van der Waals surface area contributed by atoms with E-state index < -0.39 is 0 Å². The van der Waals surface area contributed by atoms with Crippen molar-refractivity contribution in [3.8, 4) is 0 Å². The summed E-state index contributed by atoms with van der Waals surface area (Å²) in [5.41, 5.74) is -0.387. The number of hydrogen-bond donors (Lipinski definition) is 1. The minimum Gasteiger partial charge on any atom is -0.460 e. The predicted molar refractivity (Wildman–Crippen MR) is 74.8 cm³/mol. The number of esters is 1. The van der Waals surface area contributed by atoms with E-state index in [1.165, 1.54) is 0 Å². The molecule has 0 aliphatic carbocycles. The fourth-order valence-corrected chi connectivity index (χ4v) is 1.67. The van der Waals surface area contributed by atoms with Crippen molar-refractivity contribution in [2.24, 2.45) is 0 Å². The van der Waals surface area contributed by atoms with Gasteiger partial charge >= 0.3 is 5.97 Å². The van der Waals surface area contributed by atoms with Crippen LogP contribution in [-0.4, -0.2) is 34.2 Å². The molecule has 0 fully saturated rings. The van der Waals surface area contributed by atoms with E-state index in [0.29, 0.717) is 13.0 Å². The minimum atomic E-state index is -0.387. The Kier molecular flexibility index (Phi) is 6.56. The fourth-order valence-electron chi connectivity index (χ4n) is 1.67. The van der Waals surface area contributed by atoms with Crippen LogP contribution in [0.4, 0.5) is 0 Å². The second-order valence-electron chi connectivity index (χ2n) is 5.59. The molecular weight excluding hydrogens is 242 g/mol. The molecule has 1 heterocycles. The number of carbonyl (C=O) groups excluding carboxylic acids is 1. The van der Waals surface area contributed by atoms with Gasteiger partial charge in [-0.05, 0) is 40.2 Å². The first kappa shape index (κ1) is 15.7. The lowest BCUT2D eigenvalue weighted by Gasteiger charge is -2.19. The number of nitrogens with zero attached hydrogens (tertiary/aromatic N) is 2. The molecule has 1 aromatic heterocycles. The van der Waals surface area contributed by atoms with Crippen LogP contribution in [0.3, 0.4) is 0 Å². The molecule has 108 valence electrons. The largest absolute Gasteiger partial charge is 0.460 e. The number of aromatic nitrogens is 2. The molecule has 0 amide bonds. The number of aryl methyl sites for hydroxylation is 1. The molecule has 0 radical (unpaired) electrons. The quantitative estimate of drug-likeness (QED) is 0.578. The smallest absolute Gasteiger partial charge is 0.307 e. The molecule has 1 aromatic rings. The Morgan fingerprint density at radius 3 is 2.74 bits per heavy atom. The molecule has 0 saturated heterocycles. The van der Waals surface area contributed by atoms with Gasteiger partial charge in [-0.3, -0.25) is 4.79 Å². The van der Waals surface area contributed by atoms with Crippen molar-refractivity contribution in [2.45, 2.75) is 52.2 Å². The van der Waals surface area contributed by atoms with Crippen molar-refractivity contribution in [3.05, 3.63) is 18.7 Å². The van der Waals surface area contributed by atoms with Crippen LogP contribution in [0.1, 0.15) is 40.0 Å². The number of imidazole rings is 1. The van der Waals surface area contributed by atoms with E-state index in [0.717, 1.165) is 25.9 Å². The zero-order valence-electron chi connectivity index (χ0n) is 12.2. The highest BCUT2D eigenvalue weighted by Crippen LogP contribution is 2.07. The van der Waals surface area contributed by atoms with Crippen molar-refractivity contribution < 1.29 is 9.53 Å². The summed E-state index contributed by atoms with van der Waals surface area (Å²) in [6, 6.07) is 0. The first-order chi connectivity index (χ1) is 8.97. The molecule has 5 heteroatoms. The second kappa shape index (κ2) is 7.94. The number of rotatable bonds is 8. The summed E-state index contributed by atoms with van der Waals surface area (Å²) in [7, 11) is 0. The Hall–Kier alpha value is -1.36. The van der Waals surface area contributed by atoms with E-state index in [1.54, 1.807) is 6.20 Å². The number of carbonyl (C=O) groups is 1. The van der Waals surface area contributed by atoms with E-state index >= 15 is 0 Å². The zero-order chi connectivity index (χ0) is 14.1. The summed E-state index contributed by atoms with van der Waals surface area (Å²) in [6.07, 6.45) is 8.21. The van der Waals surface area contributed by atoms with Gasteiger partial charge in [-0.1, -0.05) is 0 Å². The molecule has 1 N–H and O–H groups in total. The third-order valence-corrected chi connectivity index (χ3v) is 2.50. The van der Waals surface area contributed by atoms with Crippen LogP contribution in [0.5, 0.6) is 0 Å². The predicted octanol–water partition coefficient (Wildman–Crippen LogP) is 1.98. The Balaban J connectivity index is 1.92. The standard InChI is InChI=1S/C14H25N3O2/c1-14(2,3)19-13(18)6-8-15-7-4-5-10-17-11-9-16-12-17/h9,11-12,15H,4-8,10H2,1-3H3. The highest BCUT2D eigenvalue weighted by Gasteiger charge is 2.15. The highest BCUT2D eigenvalue weighted by molar-refractivity contribution is 5.70. The van der Waals surface area contributed by atoms with Gasteiger partial charge in [0.1, 0.15) is 5.60 Å². The summed E-state index contributed by atoms with van der Waals surface area (Å²) < 4.78 is 7.30. The normalized spacial score (nSPS) is 11.5. The van der Waals surface area contributed by atoms with Crippen molar-refractivity contribution in [3.63, 3.8) is 0 Å². The maximum atomic E-state index is 11.4. The molecule has 0 aromatic carbocycles. The van der Waals surface area contributed by atoms with Crippen LogP contribution in [0.2, 0.25) is 0 Å². The van der Waals surface area contributed by atoms with Crippen LogP contribution >= 0.6 is 0 Å². The molecule has 19 heavy (non-hydrogen) atoms. The number of ether oxygens (including phenoxy) is 1. The third-order valence-electron chi connectivity index (χ3n) is 2.50. The first-order valence-electron chi connectivity index (χ1n) is 6.86. The molecule has 1 rings (SSSR count). The molecule has 0 aliphatic heterocycles. The van der Waals surface area contributed by atoms with Crippen molar-refractivity contribution in [2.75, 3.05) is 13.1 Å². The van der Waals surface area contributed by atoms with Crippen LogP contribution in [0.15, 0.2) is 18.7 Å². The summed E-state index contributed by atoms with van der Waals surface area (Å²) >= 11 is 0. The van der Waals surface area contributed by atoms with Gasteiger partial charge in [0.05, 0.1) is 12.7 Å². The monoisotopic (exact) mass is 267 g/mol. The lowest BCUT2D eigenvalue weighted by molar-refractivity contribution is -0.154. The number of nitrogens with one attached hydrogen (secondary N) is 1. The van der Waals surface area contributed by atoms with Crippen LogP contribution in [0, 0.1) is 0 Å². The lowest BCUT2D eigenvalue weighted by Crippen LogP contribution is -2.27. The third kappa shape index (κ3) is 8.37. The Morgan fingerprint density at radius 1 is 1.32 bits per heavy atom. The van der Waals surface area contributed by atoms with Gasteiger partial charge in [0.15, 0.2) is 0 Å². The Bertz CT molecular complexity index is 355. The van der Waals surface area contributed by atoms with Gasteiger partial charge in [0.25, 0.3) is 0 Å². The maximum Gasteiger partial charge on any atom is 0.307 e. The zero-order valence-corrected chi connectivity index (χ0v) is 12.2. The van der Waals surface area contributed by atoms with Crippen LogP contribution in [-0.2, 0) is 16.1 Å². The highest BCUT2D eigenvalue weighted by atomic mass is 16.6. The molecule has 5 nitrogen and oxygen atoms in total. The maximum absolute atomic E-state index is 11.4. The van der Waals surface area contributed by atoms with Gasteiger partial charge < -0.3 is 14.6 Å². The van der Waals surface area contributed by atoms with E-state index in [4.69, 9.17) is 4.74 Å². The summed E-state index contributed by atoms with van der Waals surface area (Å²) in [5.74, 6) is -0.140. The van der Waals surface area contributed by atoms with Gasteiger partial charge in [-0.25, -0.2) is 4.98 Å². The molecule has 0 spiro atoms. The van der Waals surface area contributed by atoms with E-state index in [-0.39, 0.29) is 11.6 Å². The fraction of sp³-hybridized carbons (Fsp3) is 0.714. The molecular formula is C14H25N3O2. The first-order valence-corrected chi connectivity index (χ1v) is 6.86. The average Bonchev–Trinajstić information content (AvgIpc) is 2.78. The lowest BCUT2D eigenvalue weighted by atomic mass is 10.2. The molecule has 0 saturated carbocycles. The van der Waals surface area contributed by atoms with Crippen LogP contribution < -0.4 is 5.32 Å². The summed E-state index contributed by atoms with van der Waals surface area (Å²) in [5, 5.41) is 3.26. The molecule has 0 atom stereocenters. The van der Waals surface area contributed by atoms with Crippen molar-refractivity contribution in [1.82, 2.24) is 14.9 Å². The van der Waals surface area contributed by atoms with E-state index in [9.17, 15) is 4.79 Å². The van der Waals surface area contributed by atoms with Gasteiger partial charge in [-0.2, -0.15) is 0 Å². The summed E-state index contributed by atoms with van der Waals surface area (Å²) in [6.45, 7) is 8.25. The van der Waals surface area contributed by atoms with Gasteiger partial charge in [0.2, 0.25) is 0 Å². The molecule has 0 bridgehead atoms. The van der Waals surface area contributed by atoms with E-state index in [1.807, 2.05) is 33.3 Å². The second-order valence-corrected chi connectivity index (χ2v) is 5.59. The Morgan fingerprint density at radius 2 is 2.11 bits per heavy atom. The van der Waals surface area contributed by atoms with Crippen LogP contribution in [0.25, 0.3) is 0 Å². The average molecular weight is 267 g/mol. The minimum absolute atomic E-state index is 0.140. The number of hydrogen-bond acceptors (Lipinski definition) is 4. The molecule has 0 unspecified atom stereocenters. The topological polar surface area (TPSA) is 56.1 Å². The van der Waals surface area contributed by atoms with Crippen molar-refractivity contribution in [1.29, 1.82) is 0 Å². The Labute approximate surface area is 115 Å². The number of unbranched alkanes of at least 4 members (excludes halogenated alkanes) is 1. The van der Waals surface area contributed by atoms with Gasteiger partial charge in [-0.15, -0.1) is 0 Å². The SMILES string of the molecule is CC(C)(C)OC(=O)CCNCCCCn1ccnc1. The van der Waals surface area contributed by atoms with Gasteiger partial charge in [0, 0.05) is 25.5 Å².